The average molecular weight is 486 g/mol. The molecule has 0 amide bonds. The molecule has 1 unspecified atom stereocenters. The molecular weight excluding hydrogens is 461 g/mol. The van der Waals surface area contributed by atoms with Crippen molar-refractivity contribution in [3.8, 4) is 5.75 Å². The zero-order chi connectivity index (χ0) is 23.0. The SMILES string of the molecule is CP(C)(=O)c1ccccc1Nc1nc(Nc2ccc3c(c2)OCC2COCCN32)ncc1Cl. The average Bonchev–Trinajstić information content (AvgIpc) is 2.81. The van der Waals surface area contributed by atoms with Gasteiger partial charge in [0.25, 0.3) is 0 Å². The zero-order valence-electron chi connectivity index (χ0n) is 18.4. The van der Waals surface area contributed by atoms with Crippen molar-refractivity contribution in [3.63, 3.8) is 0 Å². The quantitative estimate of drug-likeness (QED) is 0.512. The highest BCUT2D eigenvalue weighted by Crippen LogP contribution is 2.39. The molecule has 2 aliphatic rings. The van der Waals surface area contributed by atoms with Crippen LogP contribution < -0.4 is 25.6 Å². The van der Waals surface area contributed by atoms with E-state index in [1.165, 1.54) is 6.20 Å². The summed E-state index contributed by atoms with van der Waals surface area (Å²) in [5.74, 6) is 1.64. The van der Waals surface area contributed by atoms with Crippen molar-refractivity contribution in [1.82, 2.24) is 9.97 Å². The van der Waals surface area contributed by atoms with Crippen LogP contribution >= 0.6 is 18.7 Å². The molecule has 3 aromatic rings. The first-order valence-electron chi connectivity index (χ1n) is 10.7. The third-order valence-electron chi connectivity index (χ3n) is 5.67. The van der Waals surface area contributed by atoms with Gasteiger partial charge in [-0.05, 0) is 37.6 Å². The van der Waals surface area contributed by atoms with Crippen molar-refractivity contribution in [2.45, 2.75) is 6.04 Å². The van der Waals surface area contributed by atoms with E-state index in [4.69, 9.17) is 21.1 Å². The van der Waals surface area contributed by atoms with Gasteiger partial charge in [-0.25, -0.2) is 4.98 Å². The van der Waals surface area contributed by atoms with Crippen LogP contribution in [0.5, 0.6) is 5.75 Å². The number of fused-ring (bicyclic) bond motifs is 3. The Bertz CT molecular complexity index is 1230. The molecule has 1 aromatic heterocycles. The molecule has 5 rings (SSSR count). The van der Waals surface area contributed by atoms with Crippen LogP contribution in [0.1, 0.15) is 0 Å². The van der Waals surface area contributed by atoms with Crippen molar-refractivity contribution in [2.24, 2.45) is 0 Å². The fourth-order valence-corrected chi connectivity index (χ4v) is 5.36. The van der Waals surface area contributed by atoms with Crippen molar-refractivity contribution in [1.29, 1.82) is 0 Å². The Labute approximate surface area is 197 Å². The molecule has 0 aliphatic carbocycles. The predicted octanol–water partition coefficient (Wildman–Crippen LogP) is 4.46. The maximum absolute atomic E-state index is 12.7. The van der Waals surface area contributed by atoms with E-state index in [0.29, 0.717) is 35.7 Å². The molecule has 2 aromatic carbocycles. The first kappa shape index (κ1) is 22.0. The molecule has 33 heavy (non-hydrogen) atoms. The number of halogens is 1. The molecule has 172 valence electrons. The number of anilines is 5. The molecule has 3 heterocycles. The van der Waals surface area contributed by atoms with Crippen LogP contribution in [-0.4, -0.2) is 55.7 Å². The molecule has 8 nitrogen and oxygen atoms in total. The van der Waals surface area contributed by atoms with Gasteiger partial charge in [-0.3, -0.25) is 0 Å². The Morgan fingerprint density at radius 1 is 1.15 bits per heavy atom. The molecular formula is C23H25ClN5O3P. The Morgan fingerprint density at radius 2 is 2.00 bits per heavy atom. The fourth-order valence-electron chi connectivity index (χ4n) is 4.06. The number of aromatic nitrogens is 2. The molecule has 2 N–H and O–H groups in total. The number of para-hydroxylation sites is 1. The van der Waals surface area contributed by atoms with Crippen LogP contribution in [0.3, 0.4) is 0 Å². The van der Waals surface area contributed by atoms with Gasteiger partial charge < -0.3 is 29.6 Å². The fraction of sp³-hybridized carbons (Fsp3) is 0.304. The normalized spacial score (nSPS) is 17.5. The van der Waals surface area contributed by atoms with Gasteiger partial charge >= 0.3 is 0 Å². The molecule has 10 heteroatoms. The zero-order valence-corrected chi connectivity index (χ0v) is 20.1. The van der Waals surface area contributed by atoms with E-state index in [1.54, 1.807) is 13.3 Å². The number of ether oxygens (including phenoxy) is 2. The molecule has 1 saturated heterocycles. The van der Waals surface area contributed by atoms with E-state index in [0.717, 1.165) is 35.6 Å². The second kappa shape index (κ2) is 8.86. The first-order valence-corrected chi connectivity index (χ1v) is 13.7. The third kappa shape index (κ3) is 4.64. The van der Waals surface area contributed by atoms with Gasteiger partial charge in [0.15, 0.2) is 5.82 Å². The number of nitrogens with zero attached hydrogens (tertiary/aromatic N) is 3. The first-order chi connectivity index (χ1) is 15.9. The number of rotatable bonds is 5. The van der Waals surface area contributed by atoms with E-state index in [2.05, 4.69) is 25.5 Å². The van der Waals surface area contributed by atoms with Gasteiger partial charge in [0.05, 0.1) is 36.8 Å². The minimum atomic E-state index is -2.49. The van der Waals surface area contributed by atoms with Crippen LogP contribution in [0.4, 0.5) is 28.8 Å². The summed E-state index contributed by atoms with van der Waals surface area (Å²) in [6, 6.07) is 13.7. The predicted molar refractivity (Wildman–Crippen MR) is 133 cm³/mol. The summed E-state index contributed by atoms with van der Waals surface area (Å²) >= 11 is 6.36. The summed E-state index contributed by atoms with van der Waals surface area (Å²) in [4.78, 5) is 11.2. The Hall–Kier alpha value is -2.80. The second-order valence-electron chi connectivity index (χ2n) is 8.42. The number of benzene rings is 2. The van der Waals surface area contributed by atoms with E-state index in [1.807, 2.05) is 42.5 Å². The molecule has 1 fully saturated rings. The van der Waals surface area contributed by atoms with Crippen molar-refractivity contribution in [3.05, 3.63) is 53.7 Å². The highest BCUT2D eigenvalue weighted by atomic mass is 35.5. The minimum Gasteiger partial charge on any atom is -0.489 e. The van der Waals surface area contributed by atoms with Crippen molar-refractivity contribution in [2.75, 3.05) is 55.2 Å². The van der Waals surface area contributed by atoms with E-state index in [-0.39, 0.29) is 6.04 Å². The van der Waals surface area contributed by atoms with Gasteiger partial charge in [-0.2, -0.15) is 4.98 Å². The van der Waals surface area contributed by atoms with Crippen LogP contribution in [0, 0.1) is 0 Å². The summed E-state index contributed by atoms with van der Waals surface area (Å²) in [6.07, 6.45) is 1.53. The lowest BCUT2D eigenvalue weighted by atomic mass is 10.1. The van der Waals surface area contributed by atoms with Crippen LogP contribution in [0.25, 0.3) is 0 Å². The Morgan fingerprint density at radius 3 is 2.85 bits per heavy atom. The standard InChI is InChI=1S/C23H25ClN5O3P/c1-33(2,30)21-6-4-3-5-18(21)27-22-17(24)12-25-23(28-22)26-15-7-8-19-20(11-15)32-14-16-13-31-10-9-29(16)19/h3-8,11-12,16H,9-10,13-14H2,1-2H3,(H2,25,26,27,28). The highest BCUT2D eigenvalue weighted by molar-refractivity contribution is 7.70. The summed E-state index contributed by atoms with van der Waals surface area (Å²) in [5, 5.41) is 7.55. The summed E-state index contributed by atoms with van der Waals surface area (Å²) in [5.41, 5.74) is 2.58. The van der Waals surface area contributed by atoms with Crippen LogP contribution in [0.15, 0.2) is 48.7 Å². The molecule has 0 spiro atoms. The largest absolute Gasteiger partial charge is 0.489 e. The number of hydrogen-bond donors (Lipinski definition) is 2. The monoisotopic (exact) mass is 485 g/mol. The smallest absolute Gasteiger partial charge is 0.229 e. The lowest BCUT2D eigenvalue weighted by molar-refractivity contribution is 0.0705. The summed E-state index contributed by atoms with van der Waals surface area (Å²) in [6.45, 7) is 6.33. The van der Waals surface area contributed by atoms with Gasteiger partial charge in [-0.15, -0.1) is 0 Å². The summed E-state index contributed by atoms with van der Waals surface area (Å²) in [7, 11) is -2.49. The number of nitrogens with one attached hydrogen (secondary N) is 2. The van der Waals surface area contributed by atoms with Gasteiger partial charge in [0.2, 0.25) is 5.95 Å². The van der Waals surface area contributed by atoms with Gasteiger partial charge in [0.1, 0.15) is 24.5 Å². The van der Waals surface area contributed by atoms with E-state index in [9.17, 15) is 4.57 Å². The maximum atomic E-state index is 12.7. The second-order valence-corrected chi connectivity index (χ2v) is 12.0. The number of hydrogen-bond acceptors (Lipinski definition) is 8. The Balaban J connectivity index is 1.38. The highest BCUT2D eigenvalue weighted by Gasteiger charge is 2.30. The third-order valence-corrected chi connectivity index (χ3v) is 7.49. The molecule has 1 atom stereocenters. The summed E-state index contributed by atoms with van der Waals surface area (Å²) < 4.78 is 24.2. The lowest BCUT2D eigenvalue weighted by Gasteiger charge is -2.41. The molecule has 0 radical (unpaired) electrons. The van der Waals surface area contributed by atoms with Gasteiger partial charge in [-0.1, -0.05) is 23.7 Å². The van der Waals surface area contributed by atoms with E-state index >= 15 is 0 Å². The van der Waals surface area contributed by atoms with Crippen molar-refractivity contribution < 1.29 is 14.0 Å². The van der Waals surface area contributed by atoms with E-state index < -0.39 is 7.14 Å². The maximum Gasteiger partial charge on any atom is 0.229 e. The Kier molecular flexibility index (Phi) is 5.91. The number of morpholine rings is 1. The lowest BCUT2D eigenvalue weighted by Crippen LogP contribution is -2.51. The molecule has 0 bridgehead atoms. The van der Waals surface area contributed by atoms with Gasteiger partial charge in [0, 0.05) is 23.6 Å². The molecule has 0 saturated carbocycles. The minimum absolute atomic E-state index is 0.253. The molecule has 2 aliphatic heterocycles. The topological polar surface area (TPSA) is 88.6 Å². The van der Waals surface area contributed by atoms with Crippen LogP contribution in [0.2, 0.25) is 5.02 Å². The van der Waals surface area contributed by atoms with Crippen LogP contribution in [-0.2, 0) is 9.30 Å². The van der Waals surface area contributed by atoms with Crippen molar-refractivity contribution >= 4 is 52.9 Å².